The third kappa shape index (κ3) is 2.98. The number of rotatable bonds is 3. The zero-order chi connectivity index (χ0) is 18.1. The number of amides is 2. The van der Waals surface area contributed by atoms with Gasteiger partial charge < -0.3 is 19.7 Å². The SMILES string of the molecule is COc1cc2c(cc1OC)CN(C(=O)NC1CCc3ccccc31)CC2. The highest BCUT2D eigenvalue weighted by Gasteiger charge is 2.27. The quantitative estimate of drug-likeness (QED) is 0.920. The number of methoxy groups -OCH3 is 2. The van der Waals surface area contributed by atoms with Crippen LogP contribution < -0.4 is 14.8 Å². The number of nitrogens with one attached hydrogen (secondary N) is 1. The van der Waals surface area contributed by atoms with Crippen LogP contribution in [0.5, 0.6) is 11.5 Å². The smallest absolute Gasteiger partial charge is 0.318 e. The lowest BCUT2D eigenvalue weighted by molar-refractivity contribution is 0.188. The molecule has 1 heterocycles. The molecule has 1 aliphatic carbocycles. The van der Waals surface area contributed by atoms with Crippen LogP contribution in [0.25, 0.3) is 0 Å². The molecule has 0 spiro atoms. The molecule has 1 N–H and O–H groups in total. The number of ether oxygens (including phenoxy) is 2. The molecule has 1 aliphatic heterocycles. The van der Waals surface area contributed by atoms with E-state index in [1.54, 1.807) is 14.2 Å². The summed E-state index contributed by atoms with van der Waals surface area (Å²) in [5.41, 5.74) is 4.94. The molecule has 0 saturated carbocycles. The maximum atomic E-state index is 12.8. The van der Waals surface area contributed by atoms with Crippen molar-refractivity contribution in [3.63, 3.8) is 0 Å². The predicted molar refractivity (Wildman–Crippen MR) is 99.7 cm³/mol. The average molecular weight is 352 g/mol. The van der Waals surface area contributed by atoms with Crippen molar-refractivity contribution >= 4 is 6.03 Å². The molecule has 2 aliphatic rings. The van der Waals surface area contributed by atoms with E-state index in [2.05, 4.69) is 23.5 Å². The highest BCUT2D eigenvalue weighted by molar-refractivity contribution is 5.75. The lowest BCUT2D eigenvalue weighted by Gasteiger charge is -2.31. The van der Waals surface area contributed by atoms with Gasteiger partial charge in [-0.2, -0.15) is 0 Å². The van der Waals surface area contributed by atoms with Crippen LogP contribution in [-0.2, 0) is 19.4 Å². The Kier molecular flexibility index (Phi) is 4.45. The van der Waals surface area contributed by atoms with Crippen molar-refractivity contribution in [1.29, 1.82) is 0 Å². The van der Waals surface area contributed by atoms with Gasteiger partial charge in [-0.1, -0.05) is 24.3 Å². The second-order valence-electron chi connectivity index (χ2n) is 6.89. The molecule has 136 valence electrons. The number of fused-ring (bicyclic) bond motifs is 2. The first-order chi connectivity index (χ1) is 12.7. The van der Waals surface area contributed by atoms with Gasteiger partial charge >= 0.3 is 6.03 Å². The van der Waals surface area contributed by atoms with Gasteiger partial charge in [-0.3, -0.25) is 0 Å². The molecule has 0 aromatic heterocycles. The second kappa shape index (κ2) is 6.90. The minimum atomic E-state index is 0.00661. The average Bonchev–Trinajstić information content (AvgIpc) is 3.09. The lowest BCUT2D eigenvalue weighted by atomic mass is 9.99. The van der Waals surface area contributed by atoms with E-state index in [-0.39, 0.29) is 12.1 Å². The number of nitrogens with zero attached hydrogens (tertiary/aromatic N) is 1. The van der Waals surface area contributed by atoms with Crippen molar-refractivity contribution in [2.45, 2.75) is 31.8 Å². The summed E-state index contributed by atoms with van der Waals surface area (Å²) in [5.74, 6) is 1.45. The molecule has 2 amide bonds. The van der Waals surface area contributed by atoms with Crippen LogP contribution in [-0.4, -0.2) is 31.7 Å². The van der Waals surface area contributed by atoms with Crippen molar-refractivity contribution in [2.24, 2.45) is 0 Å². The molecule has 26 heavy (non-hydrogen) atoms. The third-order valence-electron chi connectivity index (χ3n) is 5.44. The molecular weight excluding hydrogens is 328 g/mol. The van der Waals surface area contributed by atoms with Gasteiger partial charge in [-0.15, -0.1) is 0 Å². The van der Waals surface area contributed by atoms with Crippen LogP contribution in [0, 0.1) is 0 Å². The van der Waals surface area contributed by atoms with Crippen LogP contribution in [0.4, 0.5) is 4.79 Å². The highest BCUT2D eigenvalue weighted by atomic mass is 16.5. The summed E-state index contributed by atoms with van der Waals surface area (Å²) < 4.78 is 10.8. The molecule has 5 nitrogen and oxygen atoms in total. The van der Waals surface area contributed by atoms with Crippen LogP contribution in [0.15, 0.2) is 36.4 Å². The van der Waals surface area contributed by atoms with Gasteiger partial charge in [-0.25, -0.2) is 4.79 Å². The maximum absolute atomic E-state index is 12.8. The van der Waals surface area contributed by atoms with Gasteiger partial charge in [0.2, 0.25) is 0 Å². The molecule has 0 bridgehead atoms. The molecule has 0 fully saturated rings. The minimum Gasteiger partial charge on any atom is -0.493 e. The molecule has 2 aromatic rings. The molecule has 1 atom stereocenters. The summed E-state index contributed by atoms with van der Waals surface area (Å²) in [7, 11) is 3.28. The third-order valence-corrected chi connectivity index (χ3v) is 5.44. The lowest BCUT2D eigenvalue weighted by Crippen LogP contribution is -2.43. The normalized spacial score (nSPS) is 18.1. The van der Waals surface area contributed by atoms with Gasteiger partial charge in [-0.05, 0) is 53.6 Å². The maximum Gasteiger partial charge on any atom is 0.318 e. The number of carbonyl (C=O) groups excluding carboxylic acids is 1. The Labute approximate surface area is 153 Å². The molecule has 0 saturated heterocycles. The number of aryl methyl sites for hydroxylation is 1. The molecule has 5 heteroatoms. The van der Waals surface area contributed by atoms with Crippen molar-refractivity contribution in [3.8, 4) is 11.5 Å². The molecule has 0 radical (unpaired) electrons. The summed E-state index contributed by atoms with van der Waals surface area (Å²) in [6.45, 7) is 1.30. The minimum absolute atomic E-state index is 0.00661. The first-order valence-electron chi connectivity index (χ1n) is 9.06. The van der Waals surface area contributed by atoms with Gasteiger partial charge in [0.25, 0.3) is 0 Å². The van der Waals surface area contributed by atoms with E-state index in [0.717, 1.165) is 30.6 Å². The van der Waals surface area contributed by atoms with Crippen LogP contribution >= 0.6 is 0 Å². The summed E-state index contributed by atoms with van der Waals surface area (Å²) in [6, 6.07) is 12.5. The monoisotopic (exact) mass is 352 g/mol. The Hall–Kier alpha value is -2.69. The summed E-state index contributed by atoms with van der Waals surface area (Å²) in [4.78, 5) is 14.7. The summed E-state index contributed by atoms with van der Waals surface area (Å²) in [5, 5.41) is 3.22. The predicted octanol–water partition coefficient (Wildman–Crippen LogP) is 3.46. The zero-order valence-corrected chi connectivity index (χ0v) is 15.2. The number of hydrogen-bond acceptors (Lipinski definition) is 3. The number of hydrogen-bond donors (Lipinski definition) is 1. The number of urea groups is 1. The van der Waals surface area contributed by atoms with E-state index in [1.165, 1.54) is 16.7 Å². The van der Waals surface area contributed by atoms with Crippen molar-refractivity contribution in [3.05, 3.63) is 58.7 Å². The summed E-state index contributed by atoms with van der Waals surface area (Å²) >= 11 is 0. The Morgan fingerprint density at radius 2 is 1.77 bits per heavy atom. The van der Waals surface area contributed by atoms with Crippen LogP contribution in [0.3, 0.4) is 0 Å². The molecule has 4 rings (SSSR count). The van der Waals surface area contributed by atoms with E-state index in [1.807, 2.05) is 23.1 Å². The van der Waals surface area contributed by atoms with Crippen LogP contribution in [0.2, 0.25) is 0 Å². The van der Waals surface area contributed by atoms with Crippen molar-refractivity contribution < 1.29 is 14.3 Å². The Morgan fingerprint density at radius 1 is 1.04 bits per heavy atom. The molecule has 2 aromatic carbocycles. The Morgan fingerprint density at radius 3 is 2.54 bits per heavy atom. The van der Waals surface area contributed by atoms with Crippen LogP contribution in [0.1, 0.15) is 34.7 Å². The first-order valence-corrected chi connectivity index (χ1v) is 9.06. The second-order valence-corrected chi connectivity index (χ2v) is 6.89. The van der Waals surface area contributed by atoms with E-state index < -0.39 is 0 Å². The number of carbonyl (C=O) groups is 1. The van der Waals surface area contributed by atoms with E-state index in [0.29, 0.717) is 18.8 Å². The molecule has 1 unspecified atom stereocenters. The topological polar surface area (TPSA) is 50.8 Å². The Balaban J connectivity index is 1.48. The standard InChI is InChI=1S/C21H24N2O3/c1-25-19-11-15-9-10-23(13-16(15)12-20(19)26-2)21(24)22-18-8-7-14-5-3-4-6-17(14)18/h3-6,11-12,18H,7-10,13H2,1-2H3,(H,22,24). The van der Waals surface area contributed by atoms with E-state index in [4.69, 9.17) is 9.47 Å². The van der Waals surface area contributed by atoms with E-state index in [9.17, 15) is 4.79 Å². The van der Waals surface area contributed by atoms with Gasteiger partial charge in [0.05, 0.1) is 20.3 Å². The van der Waals surface area contributed by atoms with Crippen molar-refractivity contribution in [2.75, 3.05) is 20.8 Å². The highest BCUT2D eigenvalue weighted by Crippen LogP contribution is 2.34. The first kappa shape index (κ1) is 16.8. The van der Waals surface area contributed by atoms with E-state index >= 15 is 0 Å². The van der Waals surface area contributed by atoms with Crippen molar-refractivity contribution in [1.82, 2.24) is 10.2 Å². The zero-order valence-electron chi connectivity index (χ0n) is 15.2. The molecular formula is C21H24N2O3. The fourth-order valence-corrected chi connectivity index (χ4v) is 4.00. The largest absolute Gasteiger partial charge is 0.493 e. The fourth-order valence-electron chi connectivity index (χ4n) is 4.00. The summed E-state index contributed by atoms with van der Waals surface area (Å²) in [6.07, 6.45) is 2.83. The number of benzene rings is 2. The van der Waals surface area contributed by atoms with Gasteiger partial charge in [0.1, 0.15) is 0 Å². The fraction of sp³-hybridized carbons (Fsp3) is 0.381. The Bertz CT molecular complexity index is 834. The van der Waals surface area contributed by atoms with Gasteiger partial charge in [0.15, 0.2) is 11.5 Å². The van der Waals surface area contributed by atoms with Gasteiger partial charge in [0, 0.05) is 13.1 Å².